The molecule has 126 valence electrons. The van der Waals surface area contributed by atoms with Crippen molar-refractivity contribution >= 4 is 17.3 Å². The lowest BCUT2D eigenvalue weighted by Crippen LogP contribution is -2.26. The molecule has 2 aromatic rings. The molecule has 1 aliphatic heterocycles. The van der Waals surface area contributed by atoms with Gasteiger partial charge in [-0.1, -0.05) is 41.9 Å². The highest BCUT2D eigenvalue weighted by molar-refractivity contribution is 6.32. The molecule has 2 heterocycles. The van der Waals surface area contributed by atoms with Gasteiger partial charge in [-0.15, -0.1) is 4.91 Å². The zero-order valence-corrected chi connectivity index (χ0v) is 13.9. The average molecular weight is 348 g/mol. The Kier molecular flexibility index (Phi) is 4.35. The van der Waals surface area contributed by atoms with Crippen molar-refractivity contribution in [3.05, 3.63) is 51.6 Å². The molecule has 2 atom stereocenters. The van der Waals surface area contributed by atoms with Crippen molar-refractivity contribution in [1.82, 2.24) is 9.78 Å². The van der Waals surface area contributed by atoms with Gasteiger partial charge in [0.25, 0.3) is 0 Å². The predicted octanol–water partition coefficient (Wildman–Crippen LogP) is 3.97. The van der Waals surface area contributed by atoms with Crippen LogP contribution >= 0.6 is 11.6 Å². The second-order valence-corrected chi connectivity index (χ2v) is 6.63. The molecule has 1 aliphatic carbocycles. The molecule has 1 saturated carbocycles. The molecule has 4 rings (SSSR count). The van der Waals surface area contributed by atoms with Crippen molar-refractivity contribution < 1.29 is 9.47 Å². The fourth-order valence-electron chi connectivity index (χ4n) is 3.05. The third-order valence-electron chi connectivity index (χ3n) is 4.53. The van der Waals surface area contributed by atoms with Crippen LogP contribution in [0.5, 0.6) is 0 Å². The van der Waals surface area contributed by atoms with Crippen molar-refractivity contribution in [2.45, 2.75) is 37.5 Å². The quantitative estimate of drug-likeness (QED) is 0.741. The van der Waals surface area contributed by atoms with E-state index < -0.39 is 0 Å². The van der Waals surface area contributed by atoms with Gasteiger partial charge in [-0.05, 0) is 23.6 Å². The van der Waals surface area contributed by atoms with E-state index in [1.807, 2.05) is 30.3 Å². The van der Waals surface area contributed by atoms with Gasteiger partial charge in [-0.25, -0.2) is 4.68 Å². The molecule has 6 nitrogen and oxygen atoms in total. The lowest BCUT2D eigenvalue weighted by molar-refractivity contribution is 0.0151. The Bertz CT molecular complexity index is 730. The summed E-state index contributed by atoms with van der Waals surface area (Å²) in [6.07, 6.45) is 1.91. The summed E-state index contributed by atoms with van der Waals surface area (Å²) in [5.41, 5.74) is 2.08. The molecule has 2 unspecified atom stereocenters. The van der Waals surface area contributed by atoms with Gasteiger partial charge in [0.1, 0.15) is 12.1 Å². The molecule has 24 heavy (non-hydrogen) atoms. The monoisotopic (exact) mass is 347 g/mol. The fraction of sp³-hybridized carbons (Fsp3) is 0.471. The first-order valence-electron chi connectivity index (χ1n) is 8.12. The number of nitroso groups, excluding NO2 is 1. The number of benzene rings is 1. The molecule has 1 aromatic carbocycles. The van der Waals surface area contributed by atoms with Gasteiger partial charge >= 0.3 is 0 Å². The van der Waals surface area contributed by atoms with Crippen LogP contribution in [0.15, 0.2) is 35.5 Å². The average Bonchev–Trinajstić information content (AvgIpc) is 3.26. The molecule has 0 N–H and O–H groups in total. The minimum atomic E-state index is -0.158. The molecular weight excluding hydrogens is 330 g/mol. The topological polar surface area (TPSA) is 65.7 Å². The van der Waals surface area contributed by atoms with Crippen LogP contribution in [0.25, 0.3) is 0 Å². The van der Waals surface area contributed by atoms with Crippen LogP contribution in [0.1, 0.15) is 36.1 Å². The van der Waals surface area contributed by atoms with E-state index in [-0.39, 0.29) is 23.0 Å². The summed E-state index contributed by atoms with van der Waals surface area (Å²) in [7, 11) is 0. The second kappa shape index (κ2) is 6.63. The molecule has 0 spiro atoms. The first kappa shape index (κ1) is 15.7. The maximum atomic E-state index is 11.2. The molecule has 1 aromatic heterocycles. The van der Waals surface area contributed by atoms with E-state index in [4.69, 9.17) is 21.1 Å². The van der Waals surface area contributed by atoms with Gasteiger partial charge in [-0.2, -0.15) is 5.10 Å². The SMILES string of the molecule is O=Nc1c(C2CC2)nn(C2COCC2OCc2ccccc2)c1Cl. The Morgan fingerprint density at radius 2 is 2.08 bits per heavy atom. The first-order valence-corrected chi connectivity index (χ1v) is 8.50. The van der Waals surface area contributed by atoms with Gasteiger partial charge in [0.15, 0.2) is 10.8 Å². The first-order chi connectivity index (χ1) is 11.8. The molecule has 2 fully saturated rings. The summed E-state index contributed by atoms with van der Waals surface area (Å²) in [4.78, 5) is 11.2. The predicted molar refractivity (Wildman–Crippen MR) is 89.5 cm³/mol. The molecule has 0 amide bonds. The lowest BCUT2D eigenvalue weighted by atomic mass is 10.2. The summed E-state index contributed by atoms with van der Waals surface area (Å²) >= 11 is 6.36. The van der Waals surface area contributed by atoms with E-state index in [1.54, 1.807) is 4.68 Å². The molecule has 1 saturated heterocycles. The summed E-state index contributed by atoms with van der Waals surface area (Å²) in [5, 5.41) is 7.94. The van der Waals surface area contributed by atoms with Gasteiger partial charge in [0.05, 0.1) is 25.5 Å². The highest BCUT2D eigenvalue weighted by atomic mass is 35.5. The Hall–Kier alpha value is -1.76. The summed E-state index contributed by atoms with van der Waals surface area (Å²) < 4.78 is 13.3. The van der Waals surface area contributed by atoms with E-state index in [0.717, 1.165) is 18.4 Å². The van der Waals surface area contributed by atoms with Gasteiger partial charge in [0.2, 0.25) is 0 Å². The summed E-state index contributed by atoms with van der Waals surface area (Å²) in [6, 6.07) is 9.83. The molecular formula is C17H18ClN3O3. The number of aromatic nitrogens is 2. The zero-order valence-electron chi connectivity index (χ0n) is 13.1. The van der Waals surface area contributed by atoms with E-state index in [2.05, 4.69) is 10.3 Å². The molecule has 0 bridgehead atoms. The number of ether oxygens (including phenoxy) is 2. The van der Waals surface area contributed by atoms with Gasteiger partial charge < -0.3 is 9.47 Å². The fourth-order valence-corrected chi connectivity index (χ4v) is 3.34. The van der Waals surface area contributed by atoms with Crippen LogP contribution in [-0.4, -0.2) is 29.1 Å². The van der Waals surface area contributed by atoms with Crippen LogP contribution in [0, 0.1) is 4.91 Å². The van der Waals surface area contributed by atoms with Crippen LogP contribution in [0.2, 0.25) is 5.15 Å². The highest BCUT2D eigenvalue weighted by Gasteiger charge is 2.38. The van der Waals surface area contributed by atoms with Crippen LogP contribution in [0.4, 0.5) is 5.69 Å². The van der Waals surface area contributed by atoms with Gasteiger partial charge in [-0.3, -0.25) is 0 Å². The largest absolute Gasteiger partial charge is 0.376 e. The number of halogens is 1. The zero-order chi connectivity index (χ0) is 16.5. The van der Waals surface area contributed by atoms with E-state index in [1.165, 1.54) is 0 Å². The second-order valence-electron chi connectivity index (χ2n) is 6.27. The van der Waals surface area contributed by atoms with E-state index in [0.29, 0.717) is 31.4 Å². The smallest absolute Gasteiger partial charge is 0.168 e. The Balaban J connectivity index is 1.53. The molecule has 2 aliphatic rings. The number of hydrogen-bond donors (Lipinski definition) is 0. The van der Waals surface area contributed by atoms with E-state index >= 15 is 0 Å². The van der Waals surface area contributed by atoms with Crippen LogP contribution in [-0.2, 0) is 16.1 Å². The minimum absolute atomic E-state index is 0.144. The summed E-state index contributed by atoms with van der Waals surface area (Å²) in [5.74, 6) is 0.308. The lowest BCUT2D eigenvalue weighted by Gasteiger charge is -2.19. The Labute approximate surface area is 144 Å². The van der Waals surface area contributed by atoms with Crippen molar-refractivity contribution in [2.75, 3.05) is 13.2 Å². The Morgan fingerprint density at radius 3 is 2.79 bits per heavy atom. The maximum absolute atomic E-state index is 11.2. The highest BCUT2D eigenvalue weighted by Crippen LogP contribution is 2.47. The third kappa shape index (κ3) is 2.97. The van der Waals surface area contributed by atoms with Crippen molar-refractivity contribution in [2.24, 2.45) is 5.18 Å². The number of nitrogens with zero attached hydrogens (tertiary/aromatic N) is 3. The van der Waals surface area contributed by atoms with Crippen molar-refractivity contribution in [3.8, 4) is 0 Å². The van der Waals surface area contributed by atoms with Gasteiger partial charge in [0, 0.05) is 5.92 Å². The molecule has 7 heteroatoms. The minimum Gasteiger partial charge on any atom is -0.376 e. The number of rotatable bonds is 6. The standard InChI is InChI=1S/C17H18ClN3O3/c18-17-16(20-22)15(12-6-7-12)19-21(17)13-9-23-10-14(13)24-8-11-4-2-1-3-5-11/h1-5,12-14H,6-10H2. The third-order valence-corrected chi connectivity index (χ3v) is 4.88. The number of hydrogen-bond acceptors (Lipinski definition) is 5. The Morgan fingerprint density at radius 1 is 1.29 bits per heavy atom. The molecule has 0 radical (unpaired) electrons. The van der Waals surface area contributed by atoms with E-state index in [9.17, 15) is 4.91 Å². The maximum Gasteiger partial charge on any atom is 0.168 e. The van der Waals surface area contributed by atoms with Crippen LogP contribution in [0.3, 0.4) is 0 Å². The van der Waals surface area contributed by atoms with Crippen molar-refractivity contribution in [3.63, 3.8) is 0 Å². The van der Waals surface area contributed by atoms with Crippen LogP contribution < -0.4 is 0 Å². The van der Waals surface area contributed by atoms with Crippen molar-refractivity contribution in [1.29, 1.82) is 0 Å². The normalized spacial score (nSPS) is 23.5. The summed E-state index contributed by atoms with van der Waals surface area (Å²) in [6.45, 7) is 1.44.